The Balaban J connectivity index is 1.64. The van der Waals surface area contributed by atoms with Crippen molar-refractivity contribution in [1.82, 2.24) is 19.8 Å². The fourth-order valence-electron chi connectivity index (χ4n) is 5.53. The van der Waals surface area contributed by atoms with E-state index in [-0.39, 0.29) is 44.7 Å². The zero-order valence-electron chi connectivity index (χ0n) is 28.3. The Hall–Kier alpha value is -3.66. The molecule has 0 aliphatic carbocycles. The van der Waals surface area contributed by atoms with Gasteiger partial charge >= 0.3 is 0 Å². The molecule has 0 saturated carbocycles. The van der Waals surface area contributed by atoms with Crippen molar-refractivity contribution in [2.45, 2.75) is 105 Å². The van der Waals surface area contributed by atoms with Gasteiger partial charge in [0.05, 0.1) is 32.4 Å². The molecule has 12 heteroatoms. The lowest BCUT2D eigenvalue weighted by atomic mass is 9.88. The molecule has 0 radical (unpaired) electrons. The lowest BCUT2D eigenvalue weighted by molar-refractivity contribution is -0.127. The van der Waals surface area contributed by atoms with Crippen molar-refractivity contribution >= 4 is 40.1 Å². The Labute approximate surface area is 280 Å². The van der Waals surface area contributed by atoms with Crippen LogP contribution in [0.5, 0.6) is 0 Å². The summed E-state index contributed by atoms with van der Waals surface area (Å²) in [7, 11) is 0. The Morgan fingerprint density at radius 3 is 2.60 bits per heavy atom. The van der Waals surface area contributed by atoms with Crippen molar-refractivity contribution in [3.63, 3.8) is 0 Å². The summed E-state index contributed by atoms with van der Waals surface area (Å²) in [6, 6.07) is 10.7. The van der Waals surface area contributed by atoms with Gasteiger partial charge < -0.3 is 19.5 Å². The number of thiophene rings is 1. The Morgan fingerprint density at radius 1 is 1.21 bits per heavy atom. The van der Waals surface area contributed by atoms with Crippen LogP contribution in [-0.2, 0) is 22.6 Å². The summed E-state index contributed by atoms with van der Waals surface area (Å²) < 4.78 is 34.1. The van der Waals surface area contributed by atoms with E-state index in [9.17, 15) is 23.6 Å². The number of nitrogens with zero attached hydrogens (tertiary/aromatic N) is 4. The summed E-state index contributed by atoms with van der Waals surface area (Å²) in [5, 5.41) is 16.3. The first kappa shape index (κ1) is 36.2. The van der Waals surface area contributed by atoms with Gasteiger partial charge in [-0.25, -0.2) is 13.8 Å². The molecule has 9 nitrogen and oxygen atoms in total. The smallest absolute Gasteiger partial charge is 0.272 e. The van der Waals surface area contributed by atoms with Crippen molar-refractivity contribution in [1.29, 1.82) is 5.26 Å². The van der Waals surface area contributed by atoms with Crippen molar-refractivity contribution in [3.8, 4) is 6.07 Å². The van der Waals surface area contributed by atoms with Crippen molar-refractivity contribution in [2.75, 3.05) is 18.5 Å². The van der Waals surface area contributed by atoms with Crippen molar-refractivity contribution in [2.24, 2.45) is 5.41 Å². The molecule has 254 valence electrons. The van der Waals surface area contributed by atoms with E-state index < -0.39 is 17.9 Å². The molecule has 1 aliphatic heterocycles. The zero-order valence-corrected chi connectivity index (χ0v) is 29.1. The van der Waals surface area contributed by atoms with Crippen LogP contribution in [0.1, 0.15) is 94.3 Å². The van der Waals surface area contributed by atoms with E-state index >= 15 is 0 Å². The summed E-state index contributed by atoms with van der Waals surface area (Å²) in [6.07, 6.45) is 0.871. The molecule has 1 aliphatic rings. The van der Waals surface area contributed by atoms with E-state index in [2.05, 4.69) is 44.4 Å². The van der Waals surface area contributed by atoms with Gasteiger partial charge in [0.15, 0.2) is 0 Å². The number of anilines is 1. The topological polar surface area (TPSA) is 112 Å². The van der Waals surface area contributed by atoms with Crippen LogP contribution in [0.15, 0.2) is 42.0 Å². The molecule has 0 spiro atoms. The van der Waals surface area contributed by atoms with Gasteiger partial charge in [-0.05, 0) is 82.2 Å². The number of alkyl halides is 2. The fraction of sp³-hybridized carbons (Fsp3) is 0.543. The summed E-state index contributed by atoms with van der Waals surface area (Å²) in [6.45, 7) is 16.4. The Kier molecular flexibility index (Phi) is 11.6. The van der Waals surface area contributed by atoms with Crippen LogP contribution in [0.25, 0.3) is 11.0 Å². The number of carbonyl (C=O) groups is 2. The number of aromatic nitrogens is 2. The second-order valence-electron chi connectivity index (χ2n) is 13.7. The van der Waals surface area contributed by atoms with Crippen LogP contribution < -0.4 is 10.6 Å². The lowest BCUT2D eigenvalue weighted by Gasteiger charge is -2.28. The van der Waals surface area contributed by atoms with E-state index in [1.807, 2.05) is 43.5 Å². The summed E-state index contributed by atoms with van der Waals surface area (Å²) in [5.74, 6) is -0.610. The van der Waals surface area contributed by atoms with E-state index in [4.69, 9.17) is 9.72 Å². The second-order valence-corrected chi connectivity index (χ2v) is 14.8. The first-order valence-electron chi connectivity index (χ1n) is 16.1. The standard InChI is InChI=1S/C35H46F2N6O3S/c1-8-46-35(6,7)16-15-24(19-38)32(45)42-17-9-10-25(42)21-43-27-12-11-23(20-39-22(2)34(3,4)5)18-26(27)40-33(43)41-31(44)29-14-13-28(47-29)30(36)37/h11-15,18,22,25,30,39H,8-10,16-17,20-21H2,1-7H3,(H,40,41,44). The van der Waals surface area contributed by atoms with Crippen molar-refractivity contribution in [3.05, 3.63) is 57.3 Å². The number of hydrogen-bond donors (Lipinski definition) is 2. The quantitative estimate of drug-likeness (QED) is 0.145. The van der Waals surface area contributed by atoms with Crippen LogP contribution in [-0.4, -0.2) is 57.1 Å². The average molecular weight is 669 g/mol. The molecule has 2 atom stereocenters. The normalized spacial score (nSPS) is 16.6. The first-order chi connectivity index (χ1) is 22.1. The molecule has 4 rings (SSSR count). The maximum atomic E-state index is 13.6. The number of rotatable bonds is 13. The number of benzene rings is 1. The van der Waals surface area contributed by atoms with Gasteiger partial charge in [-0.1, -0.05) is 32.9 Å². The summed E-state index contributed by atoms with van der Waals surface area (Å²) in [5.41, 5.74) is 2.09. The van der Waals surface area contributed by atoms with Gasteiger partial charge in [0.2, 0.25) is 5.95 Å². The van der Waals surface area contributed by atoms with Crippen LogP contribution in [0.3, 0.4) is 0 Å². The number of likely N-dealkylation sites (tertiary alicyclic amines) is 1. The minimum atomic E-state index is -2.66. The highest BCUT2D eigenvalue weighted by atomic mass is 32.1. The van der Waals surface area contributed by atoms with Crippen LogP contribution in [0.4, 0.5) is 14.7 Å². The number of fused-ring (bicyclic) bond motifs is 1. The number of nitriles is 1. The van der Waals surface area contributed by atoms with Gasteiger partial charge in [0.25, 0.3) is 18.2 Å². The SMILES string of the molecule is CCOC(C)(C)CC=C(C#N)C(=O)N1CCCC1Cn1c(NC(=O)c2ccc(C(F)F)s2)nc2cc(CNC(C)C(C)(C)C)ccc21. The lowest BCUT2D eigenvalue weighted by Crippen LogP contribution is -2.39. The molecule has 3 heterocycles. The van der Waals surface area contributed by atoms with Crippen LogP contribution >= 0.6 is 11.3 Å². The summed E-state index contributed by atoms with van der Waals surface area (Å²) >= 11 is 0.741. The Bertz CT molecular complexity index is 1650. The molecule has 3 aromatic rings. The van der Waals surface area contributed by atoms with Gasteiger partial charge in [0, 0.05) is 32.3 Å². The molecule has 2 aromatic heterocycles. The molecular formula is C35H46F2N6O3S. The second kappa shape index (κ2) is 15.0. The zero-order chi connectivity index (χ0) is 34.5. The number of imidazole rings is 1. The number of hydrogen-bond acceptors (Lipinski definition) is 7. The van der Waals surface area contributed by atoms with E-state index in [1.54, 1.807) is 11.0 Å². The molecule has 1 aromatic carbocycles. The third-order valence-electron chi connectivity index (χ3n) is 8.73. The maximum Gasteiger partial charge on any atom is 0.272 e. The molecule has 47 heavy (non-hydrogen) atoms. The van der Waals surface area contributed by atoms with Gasteiger partial charge in [-0.2, -0.15) is 5.26 Å². The van der Waals surface area contributed by atoms with Crippen molar-refractivity contribution < 1.29 is 23.1 Å². The number of ether oxygens (including phenoxy) is 1. The molecular weight excluding hydrogens is 622 g/mol. The number of amides is 2. The minimum Gasteiger partial charge on any atom is -0.376 e. The van der Waals surface area contributed by atoms with E-state index in [0.29, 0.717) is 44.6 Å². The number of nitrogens with one attached hydrogen (secondary N) is 2. The van der Waals surface area contributed by atoms with Crippen LogP contribution in [0.2, 0.25) is 0 Å². The molecule has 1 fully saturated rings. The average Bonchev–Trinajstić information content (AvgIpc) is 3.75. The van der Waals surface area contributed by atoms with Gasteiger partial charge in [0.1, 0.15) is 11.6 Å². The molecule has 0 bridgehead atoms. The third kappa shape index (κ3) is 9.03. The van der Waals surface area contributed by atoms with E-state index in [0.717, 1.165) is 28.8 Å². The minimum absolute atomic E-state index is 0.0721. The highest BCUT2D eigenvalue weighted by Crippen LogP contribution is 2.30. The summed E-state index contributed by atoms with van der Waals surface area (Å²) in [4.78, 5) is 33.3. The molecule has 2 N–H and O–H groups in total. The third-order valence-corrected chi connectivity index (χ3v) is 9.82. The molecule has 1 saturated heterocycles. The Morgan fingerprint density at radius 2 is 1.96 bits per heavy atom. The molecule has 2 amide bonds. The van der Waals surface area contributed by atoms with Gasteiger partial charge in [-0.15, -0.1) is 11.3 Å². The highest BCUT2D eigenvalue weighted by molar-refractivity contribution is 7.14. The predicted molar refractivity (Wildman–Crippen MR) is 181 cm³/mol. The maximum absolute atomic E-state index is 13.6. The monoisotopic (exact) mass is 668 g/mol. The van der Waals surface area contributed by atoms with Gasteiger partial charge in [-0.3, -0.25) is 14.9 Å². The van der Waals surface area contributed by atoms with Crippen LogP contribution in [0, 0.1) is 16.7 Å². The predicted octanol–water partition coefficient (Wildman–Crippen LogP) is 7.46. The first-order valence-corrected chi connectivity index (χ1v) is 16.9. The largest absolute Gasteiger partial charge is 0.376 e. The number of halogens is 2. The fourth-order valence-corrected chi connectivity index (χ4v) is 6.29. The number of carbonyl (C=O) groups excluding carboxylic acids is 2. The molecule has 2 unspecified atom stereocenters. The van der Waals surface area contributed by atoms with E-state index in [1.165, 1.54) is 12.1 Å². The highest BCUT2D eigenvalue weighted by Gasteiger charge is 2.33.